The van der Waals surface area contributed by atoms with E-state index in [0.29, 0.717) is 0 Å². The second kappa shape index (κ2) is 7.72. The zero-order valence-electron chi connectivity index (χ0n) is 14.3. The fraction of sp³-hybridized carbons (Fsp3) is 0.0952. The third kappa shape index (κ3) is 3.68. The minimum Gasteiger partial charge on any atom is -0.308 e. The number of nitrogens with zero attached hydrogens (tertiary/aromatic N) is 4. The van der Waals surface area contributed by atoms with E-state index in [2.05, 4.69) is 39.7 Å². The number of rotatable bonds is 6. The maximum absolute atomic E-state index is 4.81. The van der Waals surface area contributed by atoms with Gasteiger partial charge in [-0.2, -0.15) is 5.10 Å². The van der Waals surface area contributed by atoms with E-state index in [1.165, 1.54) is 0 Å². The van der Waals surface area contributed by atoms with Crippen molar-refractivity contribution in [2.24, 2.45) is 0 Å². The topological polar surface area (TPSA) is 55.6 Å². The van der Waals surface area contributed by atoms with Crippen molar-refractivity contribution in [1.82, 2.24) is 25.1 Å². The standard InChI is InChI=1S/C21H19N5/c1-2-6-20(7-3-1)26-16-19(15-24-14-17-5-4-10-23-13-17)21(25-26)18-8-11-22-12-9-18/h1-13,16,24H,14-15H2. The van der Waals surface area contributed by atoms with E-state index in [9.17, 15) is 0 Å². The van der Waals surface area contributed by atoms with Crippen LogP contribution in [0.5, 0.6) is 0 Å². The second-order valence-corrected chi connectivity index (χ2v) is 5.98. The molecule has 26 heavy (non-hydrogen) atoms. The molecule has 0 amide bonds. The lowest BCUT2D eigenvalue weighted by Gasteiger charge is -2.05. The Morgan fingerprint density at radius 2 is 1.65 bits per heavy atom. The van der Waals surface area contributed by atoms with Crippen molar-refractivity contribution in [3.8, 4) is 16.9 Å². The Hall–Kier alpha value is -3.31. The molecule has 3 heterocycles. The Kier molecular flexibility index (Phi) is 4.80. The SMILES string of the molecule is c1ccc(-n2cc(CNCc3cccnc3)c(-c3ccncc3)n2)cc1. The highest BCUT2D eigenvalue weighted by molar-refractivity contribution is 5.62. The van der Waals surface area contributed by atoms with Crippen LogP contribution in [-0.2, 0) is 13.1 Å². The number of aromatic nitrogens is 4. The first-order valence-electron chi connectivity index (χ1n) is 8.54. The molecular weight excluding hydrogens is 322 g/mol. The molecule has 4 aromatic rings. The van der Waals surface area contributed by atoms with Crippen LogP contribution in [0, 0.1) is 0 Å². The third-order valence-corrected chi connectivity index (χ3v) is 4.13. The molecule has 5 heteroatoms. The molecule has 0 bridgehead atoms. The summed E-state index contributed by atoms with van der Waals surface area (Å²) >= 11 is 0. The van der Waals surface area contributed by atoms with Crippen molar-refractivity contribution >= 4 is 0 Å². The molecule has 0 aliphatic heterocycles. The Bertz CT molecular complexity index is 950. The molecule has 0 atom stereocenters. The average molecular weight is 341 g/mol. The summed E-state index contributed by atoms with van der Waals surface area (Å²) in [5.74, 6) is 0. The highest BCUT2D eigenvalue weighted by atomic mass is 15.3. The molecule has 0 radical (unpaired) electrons. The van der Waals surface area contributed by atoms with Gasteiger partial charge < -0.3 is 5.32 Å². The molecule has 0 aliphatic carbocycles. The molecule has 0 saturated carbocycles. The van der Waals surface area contributed by atoms with Gasteiger partial charge in [-0.05, 0) is 35.9 Å². The van der Waals surface area contributed by atoms with Crippen molar-refractivity contribution < 1.29 is 0 Å². The maximum Gasteiger partial charge on any atom is 0.0973 e. The third-order valence-electron chi connectivity index (χ3n) is 4.13. The first-order chi connectivity index (χ1) is 12.9. The van der Waals surface area contributed by atoms with Gasteiger partial charge in [0.2, 0.25) is 0 Å². The summed E-state index contributed by atoms with van der Waals surface area (Å²) in [6.45, 7) is 1.49. The van der Waals surface area contributed by atoms with Crippen LogP contribution in [0.15, 0.2) is 85.6 Å². The van der Waals surface area contributed by atoms with Gasteiger partial charge in [0, 0.05) is 55.2 Å². The molecular formula is C21H19N5. The van der Waals surface area contributed by atoms with Gasteiger partial charge in [-0.25, -0.2) is 4.68 Å². The lowest BCUT2D eigenvalue weighted by molar-refractivity contribution is 0.692. The Labute approximate surface area is 152 Å². The Morgan fingerprint density at radius 3 is 2.42 bits per heavy atom. The van der Waals surface area contributed by atoms with E-state index in [4.69, 9.17) is 5.10 Å². The fourth-order valence-electron chi connectivity index (χ4n) is 2.85. The normalized spacial score (nSPS) is 10.8. The number of hydrogen-bond donors (Lipinski definition) is 1. The largest absolute Gasteiger partial charge is 0.308 e. The number of pyridine rings is 2. The van der Waals surface area contributed by atoms with Crippen LogP contribution in [0.1, 0.15) is 11.1 Å². The van der Waals surface area contributed by atoms with E-state index in [1.54, 1.807) is 18.6 Å². The first-order valence-corrected chi connectivity index (χ1v) is 8.54. The highest BCUT2D eigenvalue weighted by Gasteiger charge is 2.12. The van der Waals surface area contributed by atoms with Crippen molar-refractivity contribution in [2.45, 2.75) is 13.1 Å². The van der Waals surface area contributed by atoms with Crippen molar-refractivity contribution in [3.05, 3.63) is 96.7 Å². The van der Waals surface area contributed by atoms with Crippen LogP contribution < -0.4 is 5.32 Å². The monoisotopic (exact) mass is 341 g/mol. The average Bonchev–Trinajstić information content (AvgIpc) is 3.14. The fourth-order valence-corrected chi connectivity index (χ4v) is 2.85. The van der Waals surface area contributed by atoms with Crippen LogP contribution in [0.2, 0.25) is 0 Å². The Morgan fingerprint density at radius 1 is 0.808 bits per heavy atom. The highest BCUT2D eigenvalue weighted by Crippen LogP contribution is 2.23. The predicted octanol–water partition coefficient (Wildman–Crippen LogP) is 3.62. The maximum atomic E-state index is 4.81. The lowest BCUT2D eigenvalue weighted by atomic mass is 10.1. The molecule has 0 saturated heterocycles. The molecule has 5 nitrogen and oxygen atoms in total. The second-order valence-electron chi connectivity index (χ2n) is 5.98. The zero-order chi connectivity index (χ0) is 17.6. The molecule has 128 valence electrons. The number of hydrogen-bond acceptors (Lipinski definition) is 4. The molecule has 1 aromatic carbocycles. The predicted molar refractivity (Wildman–Crippen MR) is 102 cm³/mol. The van der Waals surface area contributed by atoms with Crippen molar-refractivity contribution in [1.29, 1.82) is 0 Å². The van der Waals surface area contributed by atoms with Gasteiger partial charge in [0.05, 0.1) is 11.4 Å². The molecule has 0 aliphatic rings. The van der Waals surface area contributed by atoms with E-state index in [-0.39, 0.29) is 0 Å². The van der Waals surface area contributed by atoms with Gasteiger partial charge in [-0.15, -0.1) is 0 Å². The van der Waals surface area contributed by atoms with Gasteiger partial charge >= 0.3 is 0 Å². The summed E-state index contributed by atoms with van der Waals surface area (Å²) in [6, 6.07) is 18.1. The number of nitrogens with one attached hydrogen (secondary N) is 1. The first kappa shape index (κ1) is 16.2. The molecule has 1 N–H and O–H groups in total. The van der Waals surface area contributed by atoms with E-state index >= 15 is 0 Å². The number of para-hydroxylation sites is 1. The van der Waals surface area contributed by atoms with Crippen molar-refractivity contribution in [3.63, 3.8) is 0 Å². The molecule has 0 spiro atoms. The van der Waals surface area contributed by atoms with Crippen LogP contribution in [0.25, 0.3) is 16.9 Å². The summed E-state index contributed by atoms with van der Waals surface area (Å²) in [5, 5.41) is 8.30. The summed E-state index contributed by atoms with van der Waals surface area (Å²) in [4.78, 5) is 8.27. The summed E-state index contributed by atoms with van der Waals surface area (Å²) in [5.41, 5.74) is 5.38. The van der Waals surface area contributed by atoms with Crippen LogP contribution >= 0.6 is 0 Å². The Balaban J connectivity index is 1.60. The summed E-state index contributed by atoms with van der Waals surface area (Å²) in [6.07, 6.45) is 9.34. The smallest absolute Gasteiger partial charge is 0.0973 e. The van der Waals surface area contributed by atoms with Gasteiger partial charge in [-0.3, -0.25) is 9.97 Å². The molecule has 3 aromatic heterocycles. The molecule has 0 unspecified atom stereocenters. The van der Waals surface area contributed by atoms with Crippen molar-refractivity contribution in [2.75, 3.05) is 0 Å². The quantitative estimate of drug-likeness (QED) is 0.582. The van der Waals surface area contributed by atoms with Gasteiger partial charge in [0.25, 0.3) is 0 Å². The van der Waals surface area contributed by atoms with Crippen LogP contribution in [0.3, 0.4) is 0 Å². The number of benzene rings is 1. The van der Waals surface area contributed by atoms with Crippen LogP contribution in [-0.4, -0.2) is 19.7 Å². The summed E-state index contributed by atoms with van der Waals surface area (Å²) in [7, 11) is 0. The zero-order valence-corrected chi connectivity index (χ0v) is 14.3. The minimum absolute atomic E-state index is 0.722. The molecule has 0 fully saturated rings. The van der Waals surface area contributed by atoms with E-state index in [0.717, 1.165) is 41.2 Å². The van der Waals surface area contributed by atoms with E-state index in [1.807, 2.05) is 47.3 Å². The van der Waals surface area contributed by atoms with Gasteiger partial charge in [0.15, 0.2) is 0 Å². The van der Waals surface area contributed by atoms with Gasteiger partial charge in [-0.1, -0.05) is 24.3 Å². The van der Waals surface area contributed by atoms with E-state index < -0.39 is 0 Å². The van der Waals surface area contributed by atoms with Gasteiger partial charge in [0.1, 0.15) is 0 Å². The van der Waals surface area contributed by atoms with Crippen LogP contribution in [0.4, 0.5) is 0 Å². The molecule has 4 rings (SSSR count). The summed E-state index contributed by atoms with van der Waals surface area (Å²) < 4.78 is 1.93. The minimum atomic E-state index is 0.722. The lowest BCUT2D eigenvalue weighted by Crippen LogP contribution is -2.13.